The van der Waals surface area contributed by atoms with Gasteiger partial charge in [0.25, 0.3) is 5.91 Å². The molecule has 8 heteroatoms. The maximum Gasteiger partial charge on any atom is 0.344 e. The lowest BCUT2D eigenvalue weighted by molar-refractivity contribution is -0.155. The quantitative estimate of drug-likeness (QED) is 0.715. The summed E-state index contributed by atoms with van der Waals surface area (Å²) >= 11 is 0. The highest BCUT2D eigenvalue weighted by Crippen LogP contribution is 2.12. The molecule has 0 aliphatic carbocycles. The summed E-state index contributed by atoms with van der Waals surface area (Å²) in [5.74, 6) is -1.42. The number of ether oxygens (including phenoxy) is 2. The lowest BCUT2D eigenvalue weighted by Crippen LogP contribution is -2.31. The van der Waals surface area contributed by atoms with Crippen molar-refractivity contribution >= 4 is 23.5 Å². The van der Waals surface area contributed by atoms with Crippen LogP contribution < -0.4 is 15.8 Å². The number of nitrogens with two attached hydrogens (primary N) is 1. The van der Waals surface area contributed by atoms with Gasteiger partial charge in [-0.25, -0.2) is 4.79 Å². The Morgan fingerprint density at radius 1 is 1.11 bits per heavy atom. The molecular formula is C19H17N3O5. The van der Waals surface area contributed by atoms with Crippen molar-refractivity contribution in [3.8, 4) is 11.8 Å². The number of carbonyl (C=O) groups excluding carboxylic acids is 3. The average Bonchev–Trinajstić information content (AvgIpc) is 2.67. The zero-order valence-electron chi connectivity index (χ0n) is 14.5. The van der Waals surface area contributed by atoms with Crippen LogP contribution in [0.3, 0.4) is 0 Å². The predicted octanol–water partition coefficient (Wildman–Crippen LogP) is 1.61. The number of hydrogen-bond donors (Lipinski definition) is 2. The third-order valence-corrected chi connectivity index (χ3v) is 3.45. The number of primary amides is 1. The number of anilines is 1. The highest BCUT2D eigenvalue weighted by Gasteiger charge is 2.18. The smallest absolute Gasteiger partial charge is 0.344 e. The summed E-state index contributed by atoms with van der Waals surface area (Å²) < 4.78 is 10.3. The van der Waals surface area contributed by atoms with Gasteiger partial charge in [-0.05, 0) is 55.5 Å². The van der Waals surface area contributed by atoms with Gasteiger partial charge >= 0.3 is 5.97 Å². The Morgan fingerprint density at radius 3 is 2.30 bits per heavy atom. The van der Waals surface area contributed by atoms with E-state index < -0.39 is 23.9 Å². The van der Waals surface area contributed by atoms with Crippen LogP contribution in [-0.2, 0) is 14.3 Å². The van der Waals surface area contributed by atoms with E-state index in [4.69, 9.17) is 20.5 Å². The van der Waals surface area contributed by atoms with E-state index in [0.29, 0.717) is 22.6 Å². The second-order valence-corrected chi connectivity index (χ2v) is 5.49. The minimum Gasteiger partial charge on any atom is -0.482 e. The molecule has 0 heterocycles. The van der Waals surface area contributed by atoms with Crippen LogP contribution in [0.2, 0.25) is 0 Å². The number of nitrogens with zero attached hydrogens (tertiary/aromatic N) is 1. The summed E-state index contributed by atoms with van der Waals surface area (Å²) in [5.41, 5.74) is 6.36. The maximum atomic E-state index is 12.1. The van der Waals surface area contributed by atoms with Gasteiger partial charge in [0.2, 0.25) is 5.91 Å². The Kier molecular flexibility index (Phi) is 6.49. The summed E-state index contributed by atoms with van der Waals surface area (Å²) in [5, 5.41) is 11.3. The molecule has 2 aromatic rings. The highest BCUT2D eigenvalue weighted by molar-refractivity contribution is 5.96. The summed E-state index contributed by atoms with van der Waals surface area (Å²) in [6, 6.07) is 14.2. The van der Waals surface area contributed by atoms with Gasteiger partial charge in [0, 0.05) is 11.3 Å². The minimum atomic E-state index is -1.04. The molecule has 138 valence electrons. The zero-order chi connectivity index (χ0) is 19.8. The normalized spacial score (nSPS) is 11.0. The van der Waals surface area contributed by atoms with Crippen LogP contribution >= 0.6 is 0 Å². The third-order valence-electron chi connectivity index (χ3n) is 3.45. The molecule has 0 radical (unpaired) electrons. The van der Waals surface area contributed by atoms with Crippen LogP contribution in [0, 0.1) is 11.3 Å². The maximum absolute atomic E-state index is 12.1. The topological polar surface area (TPSA) is 132 Å². The number of nitrogens with one attached hydrogen (secondary N) is 1. The third kappa shape index (κ3) is 5.86. The van der Waals surface area contributed by atoms with Crippen molar-refractivity contribution in [2.45, 2.75) is 13.0 Å². The van der Waals surface area contributed by atoms with E-state index in [1.807, 2.05) is 6.07 Å². The van der Waals surface area contributed by atoms with Gasteiger partial charge in [-0.2, -0.15) is 5.26 Å². The molecule has 2 amide bonds. The Bertz CT molecular complexity index is 870. The lowest BCUT2D eigenvalue weighted by Gasteiger charge is -2.14. The van der Waals surface area contributed by atoms with Gasteiger partial charge in [-0.3, -0.25) is 9.59 Å². The number of esters is 1. The van der Waals surface area contributed by atoms with E-state index >= 15 is 0 Å². The molecule has 0 aromatic heterocycles. The molecule has 2 aromatic carbocycles. The molecule has 1 atom stereocenters. The molecular weight excluding hydrogens is 350 g/mol. The van der Waals surface area contributed by atoms with Crippen LogP contribution in [0.1, 0.15) is 22.8 Å². The fourth-order valence-corrected chi connectivity index (χ4v) is 2.01. The van der Waals surface area contributed by atoms with Crippen molar-refractivity contribution in [2.75, 3.05) is 11.9 Å². The SMILES string of the molecule is C[C@H](OC(=O)COc1ccc(C#N)cc1)C(=O)Nc1ccc(C(N)=O)cc1. The molecule has 2 rings (SSSR count). The number of hydrogen-bond acceptors (Lipinski definition) is 6. The fraction of sp³-hybridized carbons (Fsp3) is 0.158. The lowest BCUT2D eigenvalue weighted by atomic mass is 10.2. The van der Waals surface area contributed by atoms with E-state index in [-0.39, 0.29) is 6.61 Å². The van der Waals surface area contributed by atoms with Crippen molar-refractivity contribution in [3.63, 3.8) is 0 Å². The molecule has 0 fully saturated rings. The number of rotatable bonds is 7. The van der Waals surface area contributed by atoms with Crippen LogP contribution in [0.15, 0.2) is 48.5 Å². The van der Waals surface area contributed by atoms with Gasteiger partial charge in [-0.15, -0.1) is 0 Å². The summed E-state index contributed by atoms with van der Waals surface area (Å²) in [4.78, 5) is 34.9. The van der Waals surface area contributed by atoms with Gasteiger partial charge in [0.05, 0.1) is 11.6 Å². The second-order valence-electron chi connectivity index (χ2n) is 5.49. The van der Waals surface area contributed by atoms with Crippen LogP contribution in [0.25, 0.3) is 0 Å². The Labute approximate surface area is 155 Å². The first-order valence-electron chi connectivity index (χ1n) is 7.92. The van der Waals surface area contributed by atoms with Gasteiger partial charge in [0.15, 0.2) is 12.7 Å². The molecule has 0 unspecified atom stereocenters. The molecule has 27 heavy (non-hydrogen) atoms. The number of nitriles is 1. The van der Waals surface area contributed by atoms with Crippen molar-refractivity contribution in [1.29, 1.82) is 5.26 Å². The van der Waals surface area contributed by atoms with Crippen LogP contribution in [-0.4, -0.2) is 30.5 Å². The first kappa shape index (κ1) is 19.5. The van der Waals surface area contributed by atoms with Crippen molar-refractivity contribution < 1.29 is 23.9 Å². The van der Waals surface area contributed by atoms with Gasteiger partial charge in [-0.1, -0.05) is 0 Å². The standard InChI is InChI=1S/C19H17N3O5/c1-12(19(25)22-15-6-4-14(5-7-15)18(21)24)27-17(23)11-26-16-8-2-13(10-20)3-9-16/h2-9,12H,11H2,1H3,(H2,21,24)(H,22,25)/t12-/m0/s1. The summed E-state index contributed by atoms with van der Waals surface area (Å²) in [7, 11) is 0. The van der Waals surface area contributed by atoms with E-state index in [1.165, 1.54) is 31.2 Å². The molecule has 0 saturated carbocycles. The second kappa shape index (κ2) is 9.01. The van der Waals surface area contributed by atoms with Crippen LogP contribution in [0.5, 0.6) is 5.75 Å². The first-order valence-corrected chi connectivity index (χ1v) is 7.92. The summed E-state index contributed by atoms with van der Waals surface area (Å²) in [6.45, 7) is 1.05. The number of amides is 2. The molecule has 3 N–H and O–H groups in total. The van der Waals surface area contributed by atoms with Gasteiger partial charge < -0.3 is 20.5 Å². The Hall–Kier alpha value is -3.86. The van der Waals surface area contributed by atoms with E-state index in [1.54, 1.807) is 24.3 Å². The van der Waals surface area contributed by atoms with Crippen molar-refractivity contribution in [3.05, 3.63) is 59.7 Å². The molecule has 8 nitrogen and oxygen atoms in total. The molecule has 0 saturated heterocycles. The fourth-order valence-electron chi connectivity index (χ4n) is 2.01. The highest BCUT2D eigenvalue weighted by atomic mass is 16.6. The average molecular weight is 367 g/mol. The minimum absolute atomic E-state index is 0.312. The van der Waals surface area contributed by atoms with Crippen molar-refractivity contribution in [1.82, 2.24) is 0 Å². The predicted molar refractivity (Wildman–Crippen MR) is 95.8 cm³/mol. The van der Waals surface area contributed by atoms with E-state index in [2.05, 4.69) is 5.32 Å². The zero-order valence-corrected chi connectivity index (χ0v) is 14.5. The Morgan fingerprint density at radius 2 is 1.74 bits per heavy atom. The number of carbonyl (C=O) groups is 3. The molecule has 0 aliphatic rings. The van der Waals surface area contributed by atoms with Crippen LogP contribution in [0.4, 0.5) is 5.69 Å². The van der Waals surface area contributed by atoms with Crippen molar-refractivity contribution in [2.24, 2.45) is 5.73 Å². The molecule has 0 aliphatic heterocycles. The Balaban J connectivity index is 1.81. The van der Waals surface area contributed by atoms with E-state index in [0.717, 1.165) is 0 Å². The largest absolute Gasteiger partial charge is 0.482 e. The monoisotopic (exact) mass is 367 g/mol. The van der Waals surface area contributed by atoms with Gasteiger partial charge in [0.1, 0.15) is 5.75 Å². The molecule has 0 spiro atoms. The number of benzene rings is 2. The molecule has 0 bridgehead atoms. The summed E-state index contributed by atoms with van der Waals surface area (Å²) in [6.07, 6.45) is -1.04. The van der Waals surface area contributed by atoms with E-state index in [9.17, 15) is 14.4 Å². The first-order chi connectivity index (χ1) is 12.9.